The van der Waals surface area contributed by atoms with Gasteiger partial charge in [0.05, 0.1) is 10.9 Å². The number of oxazole rings is 1. The molecule has 0 N–H and O–H groups in total. The van der Waals surface area contributed by atoms with Gasteiger partial charge in [0.15, 0.2) is 18.2 Å². The van der Waals surface area contributed by atoms with Gasteiger partial charge < -0.3 is 19.0 Å². The molecule has 0 atom stereocenters. The van der Waals surface area contributed by atoms with Gasteiger partial charge in [-0.1, -0.05) is 0 Å². The van der Waals surface area contributed by atoms with Crippen LogP contribution < -0.4 is 9.64 Å². The molecule has 0 bridgehead atoms. The number of piperazine rings is 1. The molecule has 1 aliphatic heterocycles. The Kier molecular flexibility index (Phi) is 5.24. The number of carbonyl (C=O) groups excluding carboxylic acids is 1. The molecule has 1 amide bonds. The van der Waals surface area contributed by atoms with Crippen LogP contribution in [0.25, 0.3) is 10.9 Å². The maximum Gasteiger partial charge on any atom is 0.275 e. The SMILES string of the molecule is Cc1nc(C(=O)N2CCN(c3ccc4ncnc(OCC(F)F)c4c3)CC2)co1. The zero-order valence-corrected chi connectivity index (χ0v) is 15.7. The molecule has 1 fully saturated rings. The molecule has 152 valence electrons. The van der Waals surface area contributed by atoms with E-state index in [1.165, 1.54) is 12.6 Å². The third-order valence-corrected chi connectivity index (χ3v) is 4.70. The standard InChI is InChI=1S/C19H19F2N5O3/c1-12-24-16(9-28-12)19(27)26-6-4-25(5-7-26)13-2-3-15-14(8-13)18(23-11-22-15)29-10-17(20)21/h2-3,8-9,11,17H,4-7,10H2,1H3. The Bertz CT molecular complexity index is 1020. The van der Waals surface area contributed by atoms with Crippen LogP contribution in [0.3, 0.4) is 0 Å². The number of ether oxygens (including phenoxy) is 1. The summed E-state index contributed by atoms with van der Waals surface area (Å²) in [4.78, 5) is 28.6. The summed E-state index contributed by atoms with van der Waals surface area (Å²) < 4.78 is 35.2. The van der Waals surface area contributed by atoms with Crippen molar-refractivity contribution < 1.29 is 22.7 Å². The fourth-order valence-electron chi connectivity index (χ4n) is 3.27. The van der Waals surface area contributed by atoms with Crippen LogP contribution in [0.1, 0.15) is 16.4 Å². The average molecular weight is 403 g/mol. The number of benzene rings is 1. The van der Waals surface area contributed by atoms with Gasteiger partial charge in [0.25, 0.3) is 12.3 Å². The number of hydrogen-bond acceptors (Lipinski definition) is 7. The van der Waals surface area contributed by atoms with E-state index in [0.717, 1.165) is 5.69 Å². The highest BCUT2D eigenvalue weighted by molar-refractivity contribution is 5.92. The van der Waals surface area contributed by atoms with Crippen molar-refractivity contribution in [3.63, 3.8) is 0 Å². The highest BCUT2D eigenvalue weighted by atomic mass is 19.3. The lowest BCUT2D eigenvalue weighted by Crippen LogP contribution is -2.48. The third-order valence-electron chi connectivity index (χ3n) is 4.70. The highest BCUT2D eigenvalue weighted by Gasteiger charge is 2.24. The van der Waals surface area contributed by atoms with Crippen LogP contribution in [0, 0.1) is 6.92 Å². The van der Waals surface area contributed by atoms with Crippen molar-refractivity contribution in [1.29, 1.82) is 0 Å². The number of anilines is 1. The number of halogens is 2. The predicted octanol–water partition coefficient (Wildman–Crippen LogP) is 2.53. The first kappa shape index (κ1) is 19.0. The van der Waals surface area contributed by atoms with Gasteiger partial charge in [0.2, 0.25) is 5.88 Å². The number of hydrogen-bond donors (Lipinski definition) is 0. The first-order valence-electron chi connectivity index (χ1n) is 9.13. The molecule has 2 aromatic heterocycles. The summed E-state index contributed by atoms with van der Waals surface area (Å²) in [5.41, 5.74) is 1.81. The maximum absolute atomic E-state index is 12.5. The Labute approximate surface area is 165 Å². The molecule has 1 aromatic carbocycles. The lowest BCUT2D eigenvalue weighted by atomic mass is 10.2. The molecule has 3 aromatic rings. The van der Waals surface area contributed by atoms with Gasteiger partial charge in [0.1, 0.15) is 12.6 Å². The minimum absolute atomic E-state index is 0.132. The van der Waals surface area contributed by atoms with E-state index in [-0.39, 0.29) is 11.8 Å². The van der Waals surface area contributed by atoms with Crippen LogP contribution in [0.4, 0.5) is 14.5 Å². The topological polar surface area (TPSA) is 84.6 Å². The number of aromatic nitrogens is 3. The van der Waals surface area contributed by atoms with E-state index in [4.69, 9.17) is 9.15 Å². The van der Waals surface area contributed by atoms with Gasteiger partial charge in [-0.15, -0.1) is 0 Å². The Hall–Kier alpha value is -3.30. The molecular formula is C19H19F2N5O3. The fraction of sp³-hybridized carbons (Fsp3) is 0.368. The molecular weight excluding hydrogens is 384 g/mol. The highest BCUT2D eigenvalue weighted by Crippen LogP contribution is 2.27. The molecule has 0 aliphatic carbocycles. The number of fused-ring (bicyclic) bond motifs is 1. The summed E-state index contributed by atoms with van der Waals surface area (Å²) in [6, 6.07) is 5.54. The zero-order valence-electron chi connectivity index (χ0n) is 15.7. The molecule has 1 saturated heterocycles. The second-order valence-corrected chi connectivity index (χ2v) is 6.61. The average Bonchev–Trinajstić information content (AvgIpc) is 3.17. The van der Waals surface area contributed by atoms with Crippen LogP contribution in [-0.4, -0.2) is 65.0 Å². The monoisotopic (exact) mass is 403 g/mol. The van der Waals surface area contributed by atoms with Gasteiger partial charge in [-0.3, -0.25) is 4.79 Å². The Morgan fingerprint density at radius 2 is 2.03 bits per heavy atom. The normalized spacial score (nSPS) is 14.6. The number of amides is 1. The summed E-state index contributed by atoms with van der Waals surface area (Å²) in [5.74, 6) is 0.429. The van der Waals surface area contributed by atoms with Crippen LogP contribution >= 0.6 is 0 Å². The van der Waals surface area contributed by atoms with E-state index >= 15 is 0 Å². The van der Waals surface area contributed by atoms with Crippen LogP contribution in [0.2, 0.25) is 0 Å². The van der Waals surface area contributed by atoms with E-state index in [2.05, 4.69) is 19.9 Å². The van der Waals surface area contributed by atoms with Crippen molar-refractivity contribution >= 4 is 22.5 Å². The fourth-order valence-corrected chi connectivity index (χ4v) is 3.27. The number of rotatable bonds is 5. The molecule has 1 aliphatic rings. The number of aryl methyl sites for hydroxylation is 1. The number of nitrogens with zero attached hydrogens (tertiary/aromatic N) is 5. The number of carbonyl (C=O) groups is 1. The van der Waals surface area contributed by atoms with E-state index in [1.807, 2.05) is 12.1 Å². The van der Waals surface area contributed by atoms with E-state index < -0.39 is 13.0 Å². The molecule has 4 rings (SSSR count). The maximum atomic E-state index is 12.5. The van der Waals surface area contributed by atoms with Crippen LogP contribution in [0.15, 0.2) is 35.2 Å². The van der Waals surface area contributed by atoms with E-state index in [0.29, 0.717) is 48.7 Å². The van der Waals surface area contributed by atoms with Crippen molar-refractivity contribution in [3.8, 4) is 5.88 Å². The van der Waals surface area contributed by atoms with Crippen molar-refractivity contribution in [2.45, 2.75) is 13.3 Å². The summed E-state index contributed by atoms with van der Waals surface area (Å²) in [6.45, 7) is 3.27. The summed E-state index contributed by atoms with van der Waals surface area (Å²) in [5, 5.41) is 0.572. The van der Waals surface area contributed by atoms with E-state index in [1.54, 1.807) is 17.9 Å². The summed E-state index contributed by atoms with van der Waals surface area (Å²) in [6.07, 6.45) is 0.0786. The molecule has 0 spiro atoms. The summed E-state index contributed by atoms with van der Waals surface area (Å²) >= 11 is 0. The lowest BCUT2D eigenvalue weighted by Gasteiger charge is -2.35. The Morgan fingerprint density at radius 1 is 1.24 bits per heavy atom. The summed E-state index contributed by atoms with van der Waals surface area (Å²) in [7, 11) is 0. The van der Waals surface area contributed by atoms with Gasteiger partial charge in [-0.05, 0) is 18.2 Å². The second-order valence-electron chi connectivity index (χ2n) is 6.61. The van der Waals surface area contributed by atoms with Crippen molar-refractivity contribution in [1.82, 2.24) is 19.9 Å². The van der Waals surface area contributed by atoms with Crippen molar-refractivity contribution in [2.24, 2.45) is 0 Å². The van der Waals surface area contributed by atoms with Gasteiger partial charge in [-0.2, -0.15) is 0 Å². The van der Waals surface area contributed by atoms with Crippen LogP contribution in [0.5, 0.6) is 5.88 Å². The van der Waals surface area contributed by atoms with Crippen LogP contribution in [-0.2, 0) is 0 Å². The Balaban J connectivity index is 1.48. The quantitative estimate of drug-likeness (QED) is 0.647. The predicted molar refractivity (Wildman–Crippen MR) is 100 cm³/mol. The zero-order chi connectivity index (χ0) is 20.4. The van der Waals surface area contributed by atoms with Crippen molar-refractivity contribution in [3.05, 3.63) is 42.4 Å². The first-order chi connectivity index (χ1) is 14.0. The first-order valence-corrected chi connectivity index (χ1v) is 9.13. The third kappa shape index (κ3) is 4.10. The Morgan fingerprint density at radius 3 is 2.72 bits per heavy atom. The van der Waals surface area contributed by atoms with Gasteiger partial charge >= 0.3 is 0 Å². The molecule has 0 radical (unpaired) electrons. The molecule has 0 saturated carbocycles. The molecule has 10 heteroatoms. The van der Waals surface area contributed by atoms with E-state index in [9.17, 15) is 13.6 Å². The second kappa shape index (κ2) is 7.98. The minimum atomic E-state index is -2.58. The number of alkyl halides is 2. The lowest BCUT2D eigenvalue weighted by molar-refractivity contribution is 0.0740. The molecule has 3 heterocycles. The van der Waals surface area contributed by atoms with Crippen molar-refractivity contribution in [2.75, 3.05) is 37.7 Å². The molecule has 0 unspecified atom stereocenters. The smallest absolute Gasteiger partial charge is 0.275 e. The minimum Gasteiger partial charge on any atom is -0.471 e. The molecule has 8 nitrogen and oxygen atoms in total. The van der Waals surface area contributed by atoms with Gasteiger partial charge in [-0.25, -0.2) is 23.7 Å². The van der Waals surface area contributed by atoms with Gasteiger partial charge in [0, 0.05) is 38.8 Å². The largest absolute Gasteiger partial charge is 0.471 e. The molecule has 29 heavy (non-hydrogen) atoms.